The Bertz CT molecular complexity index is 448. The number of hydrogen-bond acceptors (Lipinski definition) is 6. The molecule has 15 heavy (non-hydrogen) atoms. The molecule has 1 N–H and O–H groups in total. The Labute approximate surface area is 96.4 Å². The first-order chi connectivity index (χ1) is 7.16. The molecule has 0 aromatic carbocycles. The molecule has 2 rings (SSSR count). The summed E-state index contributed by atoms with van der Waals surface area (Å²) in [6, 6.07) is 0.241. The summed E-state index contributed by atoms with van der Waals surface area (Å²) in [7, 11) is 0. The SMILES string of the molecule is Cc1nnc(NC(C)c2scnc2C)s1. The maximum Gasteiger partial charge on any atom is 0.206 e. The molecule has 0 saturated carbocycles. The van der Waals surface area contributed by atoms with Crippen molar-refractivity contribution in [3.8, 4) is 0 Å². The van der Waals surface area contributed by atoms with Crippen molar-refractivity contribution < 1.29 is 0 Å². The summed E-state index contributed by atoms with van der Waals surface area (Å²) < 4.78 is 0. The Kier molecular flexibility index (Phi) is 2.97. The largest absolute Gasteiger partial charge is 0.353 e. The highest BCUT2D eigenvalue weighted by Crippen LogP contribution is 2.26. The highest BCUT2D eigenvalue weighted by molar-refractivity contribution is 7.15. The molecule has 2 heterocycles. The number of rotatable bonds is 3. The molecule has 4 nitrogen and oxygen atoms in total. The molecule has 6 heteroatoms. The second-order valence-corrected chi connectivity index (χ2v) is 5.36. The van der Waals surface area contributed by atoms with Crippen LogP contribution < -0.4 is 5.32 Å². The second kappa shape index (κ2) is 4.24. The zero-order valence-electron chi connectivity index (χ0n) is 8.81. The van der Waals surface area contributed by atoms with Gasteiger partial charge in [0.1, 0.15) is 5.01 Å². The summed E-state index contributed by atoms with van der Waals surface area (Å²) in [4.78, 5) is 5.48. The van der Waals surface area contributed by atoms with Crippen molar-refractivity contribution in [2.75, 3.05) is 5.32 Å². The quantitative estimate of drug-likeness (QED) is 0.896. The van der Waals surface area contributed by atoms with Crippen LogP contribution in [0.5, 0.6) is 0 Å². The van der Waals surface area contributed by atoms with Gasteiger partial charge in [-0.25, -0.2) is 4.98 Å². The van der Waals surface area contributed by atoms with Gasteiger partial charge in [0.2, 0.25) is 5.13 Å². The van der Waals surface area contributed by atoms with Crippen molar-refractivity contribution in [3.05, 3.63) is 21.1 Å². The van der Waals surface area contributed by atoms with Gasteiger partial charge in [-0.05, 0) is 20.8 Å². The van der Waals surface area contributed by atoms with Crippen LogP contribution in [0.25, 0.3) is 0 Å². The van der Waals surface area contributed by atoms with E-state index in [0.717, 1.165) is 15.8 Å². The van der Waals surface area contributed by atoms with E-state index < -0.39 is 0 Å². The summed E-state index contributed by atoms with van der Waals surface area (Å²) in [5.41, 5.74) is 2.95. The minimum Gasteiger partial charge on any atom is -0.353 e. The van der Waals surface area contributed by atoms with Crippen molar-refractivity contribution >= 4 is 27.8 Å². The van der Waals surface area contributed by atoms with E-state index in [0.29, 0.717) is 0 Å². The van der Waals surface area contributed by atoms with Crippen molar-refractivity contribution in [2.45, 2.75) is 26.8 Å². The van der Waals surface area contributed by atoms with Crippen molar-refractivity contribution in [1.29, 1.82) is 0 Å². The van der Waals surface area contributed by atoms with E-state index in [1.54, 1.807) is 22.7 Å². The molecule has 0 radical (unpaired) electrons. The van der Waals surface area contributed by atoms with Crippen LogP contribution in [0, 0.1) is 13.8 Å². The van der Waals surface area contributed by atoms with Crippen LogP contribution in [-0.2, 0) is 0 Å². The molecular formula is C9H12N4S2. The van der Waals surface area contributed by atoms with Gasteiger partial charge in [0.25, 0.3) is 0 Å². The Morgan fingerprint density at radius 2 is 2.13 bits per heavy atom. The number of aromatic nitrogens is 3. The minimum atomic E-state index is 0.241. The molecule has 80 valence electrons. The first-order valence-electron chi connectivity index (χ1n) is 4.63. The number of anilines is 1. The molecule has 0 aliphatic heterocycles. The predicted octanol–water partition coefficient (Wildman–Crippen LogP) is 2.78. The summed E-state index contributed by atoms with van der Waals surface area (Å²) in [6.45, 7) is 6.08. The van der Waals surface area contributed by atoms with Gasteiger partial charge in [-0.3, -0.25) is 0 Å². The number of aryl methyl sites for hydroxylation is 2. The van der Waals surface area contributed by atoms with Gasteiger partial charge in [0.05, 0.1) is 17.2 Å². The van der Waals surface area contributed by atoms with Crippen molar-refractivity contribution in [3.63, 3.8) is 0 Å². The van der Waals surface area contributed by atoms with E-state index in [1.807, 2.05) is 19.4 Å². The van der Waals surface area contributed by atoms with Crippen LogP contribution in [0.2, 0.25) is 0 Å². The third-order valence-corrected chi connectivity index (χ3v) is 3.93. The zero-order valence-corrected chi connectivity index (χ0v) is 10.4. The van der Waals surface area contributed by atoms with E-state index in [1.165, 1.54) is 4.88 Å². The van der Waals surface area contributed by atoms with Crippen LogP contribution in [0.4, 0.5) is 5.13 Å². The smallest absolute Gasteiger partial charge is 0.206 e. The summed E-state index contributed by atoms with van der Waals surface area (Å²) in [5.74, 6) is 0. The topological polar surface area (TPSA) is 50.7 Å². The molecule has 0 spiro atoms. The lowest BCUT2D eigenvalue weighted by Gasteiger charge is -2.10. The van der Waals surface area contributed by atoms with Gasteiger partial charge in [-0.1, -0.05) is 11.3 Å². The molecule has 0 fully saturated rings. The maximum atomic E-state index is 4.23. The van der Waals surface area contributed by atoms with Gasteiger partial charge in [0, 0.05) is 4.88 Å². The fourth-order valence-electron chi connectivity index (χ4n) is 1.33. The van der Waals surface area contributed by atoms with Gasteiger partial charge in [0.15, 0.2) is 0 Å². The third-order valence-electron chi connectivity index (χ3n) is 2.04. The second-order valence-electron chi connectivity index (χ2n) is 3.29. The molecule has 0 aliphatic rings. The molecule has 0 saturated heterocycles. The minimum absolute atomic E-state index is 0.241. The van der Waals surface area contributed by atoms with Crippen LogP contribution in [0.15, 0.2) is 5.51 Å². The van der Waals surface area contributed by atoms with Gasteiger partial charge in [-0.2, -0.15) is 0 Å². The summed E-state index contributed by atoms with van der Waals surface area (Å²) >= 11 is 3.24. The highest BCUT2D eigenvalue weighted by atomic mass is 32.1. The molecule has 0 aliphatic carbocycles. The van der Waals surface area contributed by atoms with Crippen LogP contribution in [0.1, 0.15) is 28.5 Å². The molecule has 2 aromatic rings. The average Bonchev–Trinajstić information content (AvgIpc) is 2.75. The Morgan fingerprint density at radius 3 is 2.67 bits per heavy atom. The maximum absolute atomic E-state index is 4.23. The van der Waals surface area contributed by atoms with Gasteiger partial charge < -0.3 is 5.32 Å². The molecule has 0 amide bonds. The third kappa shape index (κ3) is 2.32. The van der Waals surface area contributed by atoms with Gasteiger partial charge >= 0.3 is 0 Å². The monoisotopic (exact) mass is 240 g/mol. The highest BCUT2D eigenvalue weighted by Gasteiger charge is 2.12. The van der Waals surface area contributed by atoms with E-state index >= 15 is 0 Å². The Balaban J connectivity index is 2.10. The molecule has 2 aromatic heterocycles. The zero-order chi connectivity index (χ0) is 10.8. The van der Waals surface area contributed by atoms with E-state index in [2.05, 4.69) is 27.4 Å². The van der Waals surface area contributed by atoms with E-state index in [9.17, 15) is 0 Å². The molecule has 0 bridgehead atoms. The fourth-order valence-corrected chi connectivity index (χ4v) is 2.82. The number of nitrogens with one attached hydrogen (secondary N) is 1. The lowest BCUT2D eigenvalue weighted by atomic mass is 10.2. The number of hydrogen-bond donors (Lipinski definition) is 1. The Hall–Kier alpha value is -1.01. The van der Waals surface area contributed by atoms with E-state index in [-0.39, 0.29) is 6.04 Å². The van der Waals surface area contributed by atoms with E-state index in [4.69, 9.17) is 0 Å². The fraction of sp³-hybridized carbons (Fsp3) is 0.444. The number of thiazole rings is 1. The summed E-state index contributed by atoms with van der Waals surface area (Å²) in [6.07, 6.45) is 0. The lowest BCUT2D eigenvalue weighted by Crippen LogP contribution is -2.05. The standard InChI is InChI=1S/C9H12N4S2/c1-5-8(14-4-10-5)6(2)11-9-13-12-7(3)15-9/h4,6H,1-3H3,(H,11,13). The Morgan fingerprint density at radius 1 is 1.33 bits per heavy atom. The van der Waals surface area contributed by atoms with Crippen LogP contribution in [-0.4, -0.2) is 15.2 Å². The van der Waals surface area contributed by atoms with Crippen LogP contribution >= 0.6 is 22.7 Å². The first-order valence-corrected chi connectivity index (χ1v) is 6.33. The predicted molar refractivity (Wildman–Crippen MR) is 63.5 cm³/mol. The average molecular weight is 240 g/mol. The first kappa shape index (κ1) is 10.5. The normalized spacial score (nSPS) is 12.7. The number of nitrogens with zero attached hydrogens (tertiary/aromatic N) is 3. The van der Waals surface area contributed by atoms with Crippen LogP contribution in [0.3, 0.4) is 0 Å². The molecule has 1 atom stereocenters. The summed E-state index contributed by atoms with van der Waals surface area (Å²) in [5, 5.41) is 13.2. The molecular weight excluding hydrogens is 228 g/mol. The van der Waals surface area contributed by atoms with Gasteiger partial charge in [-0.15, -0.1) is 21.5 Å². The van der Waals surface area contributed by atoms with Crippen molar-refractivity contribution in [1.82, 2.24) is 15.2 Å². The van der Waals surface area contributed by atoms with Crippen molar-refractivity contribution in [2.24, 2.45) is 0 Å². The molecule has 1 unspecified atom stereocenters. The lowest BCUT2D eigenvalue weighted by molar-refractivity contribution is 0.878.